The summed E-state index contributed by atoms with van der Waals surface area (Å²) < 4.78 is 0. The fraction of sp³-hybridized carbons (Fsp3) is 0.0455. The summed E-state index contributed by atoms with van der Waals surface area (Å²) in [5, 5.41) is 5.49. The lowest BCUT2D eigenvalue weighted by atomic mass is 10.1. The normalized spacial score (nSPS) is 10.7. The molecule has 1 amide bonds. The van der Waals surface area contributed by atoms with E-state index in [9.17, 15) is 9.59 Å². The fourth-order valence-electron chi connectivity index (χ4n) is 2.86. The van der Waals surface area contributed by atoms with E-state index >= 15 is 0 Å². The Kier molecular flexibility index (Phi) is 5.21. The van der Waals surface area contributed by atoms with Crippen molar-refractivity contribution in [3.8, 4) is 11.3 Å². The van der Waals surface area contributed by atoms with Crippen molar-refractivity contribution in [1.82, 2.24) is 9.97 Å². The van der Waals surface area contributed by atoms with Crippen LogP contribution in [0.25, 0.3) is 22.0 Å². The van der Waals surface area contributed by atoms with E-state index in [-0.39, 0.29) is 17.2 Å². The third-order valence-electron chi connectivity index (χ3n) is 4.16. The minimum atomic E-state index is -0.244. The van der Waals surface area contributed by atoms with Gasteiger partial charge in [-0.15, -0.1) is 0 Å². The number of nitrogens with zero attached hydrogens (tertiary/aromatic N) is 1. The summed E-state index contributed by atoms with van der Waals surface area (Å²) in [6, 6.07) is 24.7. The Bertz CT molecular complexity index is 1190. The summed E-state index contributed by atoms with van der Waals surface area (Å²) in [6.07, 6.45) is 0. The number of fused-ring (bicyclic) bond motifs is 1. The summed E-state index contributed by atoms with van der Waals surface area (Å²) in [6.45, 7) is 0. The molecule has 4 rings (SSSR count). The van der Waals surface area contributed by atoms with E-state index in [4.69, 9.17) is 0 Å². The zero-order chi connectivity index (χ0) is 19.3. The Morgan fingerprint density at radius 2 is 1.68 bits per heavy atom. The molecule has 0 aliphatic carbocycles. The highest BCUT2D eigenvalue weighted by molar-refractivity contribution is 7.99. The maximum absolute atomic E-state index is 12.3. The number of hydrogen-bond donors (Lipinski definition) is 2. The van der Waals surface area contributed by atoms with Gasteiger partial charge in [-0.05, 0) is 22.9 Å². The number of carbonyl (C=O) groups excluding carboxylic acids is 1. The quantitative estimate of drug-likeness (QED) is 0.395. The van der Waals surface area contributed by atoms with Crippen LogP contribution in [0.1, 0.15) is 0 Å². The van der Waals surface area contributed by atoms with E-state index in [0.29, 0.717) is 10.9 Å². The minimum Gasteiger partial charge on any atom is -0.325 e. The molecule has 0 fully saturated rings. The fourth-order valence-corrected chi connectivity index (χ4v) is 3.53. The van der Waals surface area contributed by atoms with E-state index in [2.05, 4.69) is 15.3 Å². The molecule has 0 saturated heterocycles. The topological polar surface area (TPSA) is 74.8 Å². The van der Waals surface area contributed by atoms with Gasteiger partial charge in [-0.25, -0.2) is 4.98 Å². The predicted molar refractivity (Wildman–Crippen MR) is 114 cm³/mol. The molecule has 0 atom stereocenters. The molecule has 138 valence electrons. The van der Waals surface area contributed by atoms with Gasteiger partial charge in [0.05, 0.1) is 11.4 Å². The summed E-state index contributed by atoms with van der Waals surface area (Å²) in [5.74, 6) is -0.0124. The molecule has 0 saturated carbocycles. The average Bonchev–Trinajstić information content (AvgIpc) is 2.72. The zero-order valence-corrected chi connectivity index (χ0v) is 15.7. The van der Waals surface area contributed by atoms with Crippen LogP contribution in [0.2, 0.25) is 0 Å². The number of amides is 1. The van der Waals surface area contributed by atoms with Gasteiger partial charge in [0.15, 0.2) is 5.16 Å². The first-order chi connectivity index (χ1) is 13.7. The molecule has 1 aromatic heterocycles. The highest BCUT2D eigenvalue weighted by atomic mass is 32.2. The SMILES string of the molecule is O=C(CSc1nc(-c2ccccc2)cc(=O)[nH]1)Nc1ccc2ccccc2c1. The molecule has 0 spiro atoms. The van der Waals surface area contributed by atoms with Crippen LogP contribution in [-0.2, 0) is 4.79 Å². The number of carbonyl (C=O) groups is 1. The molecular weight excluding hydrogens is 370 g/mol. The first-order valence-corrected chi connectivity index (χ1v) is 9.74. The highest BCUT2D eigenvalue weighted by Gasteiger charge is 2.08. The maximum Gasteiger partial charge on any atom is 0.252 e. The number of aromatic amines is 1. The molecular formula is C22H17N3O2S. The van der Waals surface area contributed by atoms with Crippen molar-refractivity contribution in [3.05, 3.63) is 89.2 Å². The second kappa shape index (κ2) is 8.10. The zero-order valence-electron chi connectivity index (χ0n) is 14.9. The monoisotopic (exact) mass is 387 g/mol. The van der Waals surface area contributed by atoms with Crippen molar-refractivity contribution in [2.24, 2.45) is 0 Å². The number of nitrogens with one attached hydrogen (secondary N) is 2. The van der Waals surface area contributed by atoms with E-state index < -0.39 is 0 Å². The van der Waals surface area contributed by atoms with Crippen molar-refractivity contribution in [2.45, 2.75) is 5.16 Å². The Hall–Kier alpha value is -3.38. The van der Waals surface area contributed by atoms with Crippen LogP contribution in [-0.4, -0.2) is 21.6 Å². The van der Waals surface area contributed by atoms with Crippen LogP contribution in [0.3, 0.4) is 0 Å². The largest absolute Gasteiger partial charge is 0.325 e. The highest BCUT2D eigenvalue weighted by Crippen LogP contribution is 2.21. The van der Waals surface area contributed by atoms with Gasteiger partial charge in [0.1, 0.15) is 0 Å². The molecule has 0 aliphatic rings. The van der Waals surface area contributed by atoms with Crippen molar-refractivity contribution < 1.29 is 4.79 Å². The third kappa shape index (κ3) is 4.29. The molecule has 0 radical (unpaired) electrons. The standard InChI is InChI=1S/C22H17N3O2S/c26-20-13-19(16-7-2-1-3-8-16)24-22(25-20)28-14-21(27)23-18-11-10-15-6-4-5-9-17(15)12-18/h1-13H,14H2,(H,23,27)(H,24,25,26). The van der Waals surface area contributed by atoms with E-state index in [1.807, 2.05) is 72.8 Å². The molecule has 3 aromatic carbocycles. The number of H-pyrrole nitrogens is 1. The van der Waals surface area contributed by atoms with Gasteiger partial charge in [-0.2, -0.15) is 0 Å². The Balaban J connectivity index is 1.44. The summed E-state index contributed by atoms with van der Waals surface area (Å²) in [5.41, 5.74) is 1.94. The first-order valence-electron chi connectivity index (χ1n) is 8.76. The average molecular weight is 387 g/mol. The van der Waals surface area contributed by atoms with Crippen molar-refractivity contribution in [2.75, 3.05) is 11.1 Å². The lowest BCUT2D eigenvalue weighted by Crippen LogP contribution is -2.15. The molecule has 0 aliphatic heterocycles. The summed E-state index contributed by atoms with van der Waals surface area (Å²) in [7, 11) is 0. The van der Waals surface area contributed by atoms with Gasteiger partial charge in [-0.3, -0.25) is 9.59 Å². The van der Waals surface area contributed by atoms with Gasteiger partial charge >= 0.3 is 0 Å². The Labute approximate surface area is 165 Å². The molecule has 28 heavy (non-hydrogen) atoms. The number of anilines is 1. The van der Waals surface area contributed by atoms with E-state index in [0.717, 1.165) is 22.0 Å². The molecule has 5 nitrogen and oxygen atoms in total. The summed E-state index contributed by atoms with van der Waals surface area (Å²) in [4.78, 5) is 31.4. The molecule has 4 aromatic rings. The molecule has 0 bridgehead atoms. The number of benzene rings is 3. The number of rotatable bonds is 5. The third-order valence-corrected chi connectivity index (χ3v) is 5.04. The van der Waals surface area contributed by atoms with Crippen molar-refractivity contribution >= 4 is 34.1 Å². The van der Waals surface area contributed by atoms with Crippen LogP contribution < -0.4 is 10.9 Å². The Morgan fingerprint density at radius 3 is 2.50 bits per heavy atom. The lowest BCUT2D eigenvalue weighted by molar-refractivity contribution is -0.113. The molecule has 1 heterocycles. The summed E-state index contributed by atoms with van der Waals surface area (Å²) >= 11 is 1.20. The molecule has 0 unspecified atom stereocenters. The molecule has 6 heteroatoms. The smallest absolute Gasteiger partial charge is 0.252 e. The van der Waals surface area contributed by atoms with Crippen molar-refractivity contribution in [1.29, 1.82) is 0 Å². The van der Waals surface area contributed by atoms with Crippen LogP contribution in [0.15, 0.2) is 88.8 Å². The lowest BCUT2D eigenvalue weighted by Gasteiger charge is -2.07. The predicted octanol–water partition coefficient (Wildman–Crippen LogP) is 4.32. The van der Waals surface area contributed by atoms with Gasteiger partial charge in [0.2, 0.25) is 5.91 Å². The van der Waals surface area contributed by atoms with Crippen molar-refractivity contribution in [3.63, 3.8) is 0 Å². The van der Waals surface area contributed by atoms with Crippen LogP contribution in [0.4, 0.5) is 5.69 Å². The van der Waals surface area contributed by atoms with Gasteiger partial charge < -0.3 is 10.3 Å². The second-order valence-corrected chi connectivity index (χ2v) is 7.16. The minimum absolute atomic E-state index is 0.147. The second-order valence-electron chi connectivity index (χ2n) is 6.20. The van der Waals surface area contributed by atoms with Gasteiger partial charge in [0.25, 0.3) is 5.56 Å². The van der Waals surface area contributed by atoms with E-state index in [1.54, 1.807) is 0 Å². The number of aromatic nitrogens is 2. The number of thioether (sulfide) groups is 1. The first kappa shape index (κ1) is 18.0. The maximum atomic E-state index is 12.3. The van der Waals surface area contributed by atoms with Crippen LogP contribution in [0, 0.1) is 0 Å². The Morgan fingerprint density at radius 1 is 0.929 bits per heavy atom. The molecule has 2 N–H and O–H groups in total. The van der Waals surface area contributed by atoms with Crippen LogP contribution in [0.5, 0.6) is 0 Å². The van der Waals surface area contributed by atoms with Gasteiger partial charge in [0, 0.05) is 17.3 Å². The van der Waals surface area contributed by atoms with Gasteiger partial charge in [-0.1, -0.05) is 72.4 Å². The van der Waals surface area contributed by atoms with E-state index in [1.165, 1.54) is 17.8 Å². The number of hydrogen-bond acceptors (Lipinski definition) is 4. The van der Waals surface area contributed by atoms with Crippen LogP contribution >= 0.6 is 11.8 Å².